The Morgan fingerprint density at radius 3 is 2.38 bits per heavy atom. The zero-order valence-electron chi connectivity index (χ0n) is 12.5. The highest BCUT2D eigenvalue weighted by atomic mass is 32.2. The number of thioether (sulfide) groups is 1. The normalized spacial score (nSPS) is 19.9. The number of likely N-dealkylation sites (tertiary alicyclic amines) is 1. The Morgan fingerprint density at radius 1 is 1.33 bits per heavy atom. The van der Waals surface area contributed by atoms with Crippen LogP contribution in [0.4, 0.5) is 0 Å². The average molecular weight is 322 g/mol. The van der Waals surface area contributed by atoms with Gasteiger partial charge in [0.25, 0.3) is 0 Å². The average Bonchev–Trinajstić information content (AvgIpc) is 2.42. The molecule has 0 saturated carbocycles. The van der Waals surface area contributed by atoms with E-state index in [1.165, 1.54) is 11.8 Å². The second-order valence-electron chi connectivity index (χ2n) is 5.71. The van der Waals surface area contributed by atoms with E-state index in [0.717, 1.165) is 31.5 Å². The summed E-state index contributed by atoms with van der Waals surface area (Å²) in [7, 11) is 2.11. The van der Waals surface area contributed by atoms with Crippen LogP contribution in [0, 0.1) is 0 Å². The SMILES string of the molecule is CC(=O)SC1([C@@H](C(N)=S)c2ccccc2)CCN(C)CC1. The third-order valence-electron chi connectivity index (χ3n) is 4.12. The molecule has 0 amide bonds. The van der Waals surface area contributed by atoms with Crippen molar-refractivity contribution in [1.82, 2.24) is 4.90 Å². The van der Waals surface area contributed by atoms with Gasteiger partial charge in [-0.05, 0) is 38.5 Å². The summed E-state index contributed by atoms with van der Waals surface area (Å²) in [5.74, 6) is -0.0590. The number of thiocarbonyl (C=S) groups is 1. The van der Waals surface area contributed by atoms with Crippen LogP contribution in [0.5, 0.6) is 0 Å². The van der Waals surface area contributed by atoms with Gasteiger partial charge < -0.3 is 10.6 Å². The van der Waals surface area contributed by atoms with Crippen molar-refractivity contribution in [2.24, 2.45) is 5.73 Å². The molecule has 1 aliphatic rings. The van der Waals surface area contributed by atoms with Gasteiger partial charge >= 0.3 is 0 Å². The maximum absolute atomic E-state index is 11.8. The van der Waals surface area contributed by atoms with Crippen molar-refractivity contribution >= 4 is 34.1 Å². The fourth-order valence-electron chi connectivity index (χ4n) is 3.11. The third-order valence-corrected chi connectivity index (χ3v) is 5.70. The quantitative estimate of drug-likeness (QED) is 0.864. The Balaban J connectivity index is 2.41. The predicted molar refractivity (Wildman–Crippen MR) is 93.7 cm³/mol. The Morgan fingerprint density at radius 2 is 1.90 bits per heavy atom. The van der Waals surface area contributed by atoms with Crippen LogP contribution in [-0.4, -0.2) is 39.9 Å². The number of hydrogen-bond acceptors (Lipinski definition) is 4. The summed E-state index contributed by atoms with van der Waals surface area (Å²) in [5.41, 5.74) is 7.20. The molecule has 0 aromatic heterocycles. The number of nitrogens with two attached hydrogens (primary N) is 1. The molecule has 0 unspecified atom stereocenters. The van der Waals surface area contributed by atoms with E-state index >= 15 is 0 Å². The Kier molecular flexibility index (Phi) is 5.41. The zero-order chi connectivity index (χ0) is 15.5. The predicted octanol–water partition coefficient (Wildman–Crippen LogP) is 2.80. The van der Waals surface area contributed by atoms with E-state index < -0.39 is 0 Å². The van der Waals surface area contributed by atoms with Gasteiger partial charge in [-0.2, -0.15) is 0 Å². The lowest BCUT2D eigenvalue weighted by molar-refractivity contribution is -0.109. The topological polar surface area (TPSA) is 46.3 Å². The highest BCUT2D eigenvalue weighted by Gasteiger charge is 2.44. The molecule has 0 radical (unpaired) electrons. The number of hydrogen-bond donors (Lipinski definition) is 1. The number of rotatable bonds is 4. The van der Waals surface area contributed by atoms with E-state index in [1.54, 1.807) is 6.92 Å². The summed E-state index contributed by atoms with van der Waals surface area (Å²) in [6.07, 6.45) is 1.84. The molecule has 0 bridgehead atoms. The first-order chi connectivity index (χ1) is 9.94. The molecule has 114 valence electrons. The second-order valence-corrected chi connectivity index (χ2v) is 7.77. The monoisotopic (exact) mass is 322 g/mol. The molecule has 1 aliphatic heterocycles. The van der Waals surface area contributed by atoms with Gasteiger partial charge in [0.1, 0.15) is 0 Å². The number of nitrogens with zero attached hydrogens (tertiary/aromatic N) is 1. The fourth-order valence-corrected chi connectivity index (χ4v) is 4.88. The molecule has 2 rings (SSSR count). The summed E-state index contributed by atoms with van der Waals surface area (Å²) < 4.78 is -0.217. The molecule has 1 aromatic carbocycles. The summed E-state index contributed by atoms with van der Waals surface area (Å²) in [4.78, 5) is 14.6. The molecule has 5 heteroatoms. The minimum absolute atomic E-state index is 0.0590. The van der Waals surface area contributed by atoms with Crippen LogP contribution in [0.1, 0.15) is 31.2 Å². The largest absolute Gasteiger partial charge is 0.393 e. The Hall–Kier alpha value is -0.910. The molecule has 1 heterocycles. The molecular weight excluding hydrogens is 300 g/mol. The minimum atomic E-state index is -0.217. The Bertz CT molecular complexity index is 510. The molecule has 1 aromatic rings. The van der Waals surface area contributed by atoms with Crippen LogP contribution in [0.15, 0.2) is 30.3 Å². The van der Waals surface area contributed by atoms with Crippen LogP contribution in [0.2, 0.25) is 0 Å². The number of carbonyl (C=O) groups excluding carboxylic acids is 1. The van der Waals surface area contributed by atoms with Crippen LogP contribution in [0.3, 0.4) is 0 Å². The molecule has 0 spiro atoms. The van der Waals surface area contributed by atoms with E-state index in [2.05, 4.69) is 24.1 Å². The van der Waals surface area contributed by atoms with Gasteiger partial charge in [-0.3, -0.25) is 4.79 Å². The molecular formula is C16H22N2OS2. The van der Waals surface area contributed by atoms with Crippen LogP contribution in [-0.2, 0) is 4.79 Å². The van der Waals surface area contributed by atoms with Crippen LogP contribution in [0.25, 0.3) is 0 Å². The highest BCUT2D eigenvalue weighted by Crippen LogP contribution is 2.47. The second kappa shape index (κ2) is 6.90. The van der Waals surface area contributed by atoms with Crippen molar-refractivity contribution in [1.29, 1.82) is 0 Å². The maximum Gasteiger partial charge on any atom is 0.186 e. The van der Waals surface area contributed by atoms with Crippen molar-refractivity contribution in [2.45, 2.75) is 30.4 Å². The molecule has 2 N–H and O–H groups in total. The van der Waals surface area contributed by atoms with Gasteiger partial charge in [0.15, 0.2) is 5.12 Å². The van der Waals surface area contributed by atoms with Crippen molar-refractivity contribution in [3.05, 3.63) is 35.9 Å². The van der Waals surface area contributed by atoms with Crippen molar-refractivity contribution in [2.75, 3.05) is 20.1 Å². The van der Waals surface area contributed by atoms with E-state index in [9.17, 15) is 4.79 Å². The lowest BCUT2D eigenvalue weighted by Gasteiger charge is -2.44. The smallest absolute Gasteiger partial charge is 0.186 e. The van der Waals surface area contributed by atoms with Gasteiger partial charge in [-0.15, -0.1) is 0 Å². The van der Waals surface area contributed by atoms with Gasteiger partial charge in [0, 0.05) is 17.6 Å². The van der Waals surface area contributed by atoms with Gasteiger partial charge in [-0.1, -0.05) is 54.3 Å². The maximum atomic E-state index is 11.8. The lowest BCUT2D eigenvalue weighted by atomic mass is 9.79. The zero-order valence-corrected chi connectivity index (χ0v) is 14.2. The number of piperidine rings is 1. The fraction of sp³-hybridized carbons (Fsp3) is 0.500. The van der Waals surface area contributed by atoms with Crippen molar-refractivity contribution in [3.8, 4) is 0 Å². The molecule has 1 saturated heterocycles. The van der Waals surface area contributed by atoms with E-state index in [0.29, 0.717) is 4.99 Å². The summed E-state index contributed by atoms with van der Waals surface area (Å²) in [5, 5.41) is 0.136. The first-order valence-electron chi connectivity index (χ1n) is 7.17. The number of carbonyl (C=O) groups is 1. The Labute approximate surface area is 136 Å². The van der Waals surface area contributed by atoms with Gasteiger partial charge in [0.05, 0.1) is 4.99 Å². The first-order valence-corrected chi connectivity index (χ1v) is 8.39. The highest BCUT2D eigenvalue weighted by molar-refractivity contribution is 8.14. The van der Waals surface area contributed by atoms with Crippen LogP contribution >= 0.6 is 24.0 Å². The lowest BCUT2D eigenvalue weighted by Crippen LogP contribution is -2.48. The number of benzene rings is 1. The summed E-state index contributed by atoms with van der Waals surface area (Å²) in [6.45, 7) is 3.56. The molecule has 21 heavy (non-hydrogen) atoms. The van der Waals surface area contributed by atoms with Crippen molar-refractivity contribution in [3.63, 3.8) is 0 Å². The molecule has 1 fully saturated rings. The van der Waals surface area contributed by atoms with Gasteiger partial charge in [-0.25, -0.2) is 0 Å². The van der Waals surface area contributed by atoms with E-state index in [4.69, 9.17) is 18.0 Å². The standard InChI is InChI=1S/C16H22N2OS2/c1-12(19)21-16(8-10-18(2)11-9-16)14(15(17)20)13-6-4-3-5-7-13/h3-7,14H,8-11H2,1-2H3,(H2,17,20)/t14-/m1/s1. The summed E-state index contributed by atoms with van der Waals surface area (Å²) >= 11 is 6.80. The van der Waals surface area contributed by atoms with Crippen LogP contribution < -0.4 is 5.73 Å². The molecule has 3 nitrogen and oxygen atoms in total. The van der Waals surface area contributed by atoms with E-state index in [1.807, 2.05) is 18.2 Å². The third kappa shape index (κ3) is 3.84. The van der Waals surface area contributed by atoms with E-state index in [-0.39, 0.29) is 15.8 Å². The first kappa shape index (κ1) is 16.5. The minimum Gasteiger partial charge on any atom is -0.393 e. The van der Waals surface area contributed by atoms with Gasteiger partial charge in [0.2, 0.25) is 0 Å². The summed E-state index contributed by atoms with van der Waals surface area (Å²) in [6, 6.07) is 10.1. The molecule has 0 aliphatic carbocycles. The molecule has 1 atom stereocenters. The van der Waals surface area contributed by atoms with Crippen molar-refractivity contribution < 1.29 is 4.79 Å².